The van der Waals surface area contributed by atoms with E-state index in [0.717, 1.165) is 0 Å². The normalized spacial score (nSPS) is 10.2. The summed E-state index contributed by atoms with van der Waals surface area (Å²) in [6, 6.07) is 4.76. The first-order valence-electron chi connectivity index (χ1n) is 5.09. The quantitative estimate of drug-likeness (QED) is 0.823. The van der Waals surface area contributed by atoms with E-state index in [0.29, 0.717) is 5.69 Å². The molecule has 0 unspecified atom stereocenters. The second kappa shape index (κ2) is 4.65. The van der Waals surface area contributed by atoms with Gasteiger partial charge in [-0.1, -0.05) is 6.07 Å². The van der Waals surface area contributed by atoms with E-state index in [1.54, 1.807) is 42.5 Å². The highest BCUT2D eigenvalue weighted by molar-refractivity contribution is 5.90. The van der Waals surface area contributed by atoms with Crippen LogP contribution < -0.4 is 10.9 Å². The van der Waals surface area contributed by atoms with Gasteiger partial charge >= 0.3 is 0 Å². The van der Waals surface area contributed by atoms with Gasteiger partial charge in [-0.25, -0.2) is 0 Å². The summed E-state index contributed by atoms with van der Waals surface area (Å²) in [5.41, 5.74) is 0.412. The fraction of sp³-hybridized carbons (Fsp3) is 0.182. The molecule has 0 saturated carbocycles. The van der Waals surface area contributed by atoms with Crippen LogP contribution >= 0.6 is 0 Å². The van der Waals surface area contributed by atoms with Crippen LogP contribution in [0.1, 0.15) is 0 Å². The van der Waals surface area contributed by atoms with Gasteiger partial charge in [-0.05, 0) is 6.07 Å². The number of aromatic nitrogens is 3. The molecule has 1 amide bonds. The van der Waals surface area contributed by atoms with Crippen molar-refractivity contribution in [3.63, 3.8) is 0 Å². The smallest absolute Gasteiger partial charge is 0.250 e. The van der Waals surface area contributed by atoms with Crippen molar-refractivity contribution in [1.82, 2.24) is 14.3 Å². The number of carbonyl (C=O) groups excluding carboxylic acids is 1. The van der Waals surface area contributed by atoms with Crippen LogP contribution in [0, 0.1) is 0 Å². The molecule has 2 aromatic heterocycles. The number of aryl methyl sites for hydroxylation is 1. The molecule has 0 aromatic carbocycles. The summed E-state index contributed by atoms with van der Waals surface area (Å²) in [4.78, 5) is 23.0. The van der Waals surface area contributed by atoms with Crippen molar-refractivity contribution in [3.05, 3.63) is 47.1 Å². The highest BCUT2D eigenvalue weighted by Gasteiger charge is 2.05. The molecule has 17 heavy (non-hydrogen) atoms. The summed E-state index contributed by atoms with van der Waals surface area (Å²) in [6.45, 7) is -0.00539. The molecule has 0 bridgehead atoms. The van der Waals surface area contributed by atoms with Crippen molar-refractivity contribution < 1.29 is 4.79 Å². The number of carbonyl (C=O) groups is 1. The van der Waals surface area contributed by atoms with E-state index < -0.39 is 0 Å². The first-order valence-corrected chi connectivity index (χ1v) is 5.09. The van der Waals surface area contributed by atoms with E-state index in [2.05, 4.69) is 10.4 Å². The Hall–Kier alpha value is -2.37. The first kappa shape index (κ1) is 11.1. The fourth-order valence-electron chi connectivity index (χ4n) is 1.43. The van der Waals surface area contributed by atoms with Gasteiger partial charge in [-0.2, -0.15) is 5.10 Å². The molecule has 0 aliphatic carbocycles. The highest BCUT2D eigenvalue weighted by Crippen LogP contribution is 2.02. The molecule has 2 heterocycles. The van der Waals surface area contributed by atoms with E-state index >= 15 is 0 Å². The number of nitrogens with one attached hydrogen (secondary N) is 1. The Kier molecular flexibility index (Phi) is 3.04. The molecule has 0 aliphatic rings. The molecule has 0 saturated heterocycles. The summed E-state index contributed by atoms with van der Waals surface area (Å²) in [6.07, 6.45) is 4.81. The predicted octanol–water partition coefficient (Wildman–Crippen LogP) is 0.220. The lowest BCUT2D eigenvalue weighted by Gasteiger charge is -2.04. The third-order valence-corrected chi connectivity index (χ3v) is 2.20. The van der Waals surface area contributed by atoms with Gasteiger partial charge in [0, 0.05) is 25.5 Å². The lowest BCUT2D eigenvalue weighted by molar-refractivity contribution is -0.116. The highest BCUT2D eigenvalue weighted by atomic mass is 16.2. The molecular formula is C11H12N4O2. The first-order chi connectivity index (χ1) is 8.15. The molecule has 2 rings (SSSR count). The maximum absolute atomic E-state index is 11.6. The summed E-state index contributed by atoms with van der Waals surface area (Å²) >= 11 is 0. The van der Waals surface area contributed by atoms with Gasteiger partial charge in [0.15, 0.2) is 0 Å². The Labute approximate surface area is 97.5 Å². The molecule has 1 N–H and O–H groups in total. The lowest BCUT2D eigenvalue weighted by atomic mass is 10.4. The van der Waals surface area contributed by atoms with Crippen LogP contribution in [0.25, 0.3) is 0 Å². The van der Waals surface area contributed by atoms with Gasteiger partial charge in [-0.15, -0.1) is 0 Å². The number of nitrogens with zero attached hydrogens (tertiary/aromatic N) is 3. The maximum Gasteiger partial charge on any atom is 0.250 e. The van der Waals surface area contributed by atoms with Crippen LogP contribution in [0.15, 0.2) is 41.6 Å². The Morgan fingerprint density at radius 2 is 2.29 bits per heavy atom. The Morgan fingerprint density at radius 3 is 2.94 bits per heavy atom. The number of hydrogen-bond acceptors (Lipinski definition) is 3. The van der Waals surface area contributed by atoms with Gasteiger partial charge in [0.2, 0.25) is 5.91 Å². The monoisotopic (exact) mass is 232 g/mol. The molecule has 88 valence electrons. The van der Waals surface area contributed by atoms with E-state index in [-0.39, 0.29) is 18.0 Å². The maximum atomic E-state index is 11.6. The molecule has 6 nitrogen and oxygen atoms in total. The topological polar surface area (TPSA) is 68.9 Å². The summed E-state index contributed by atoms with van der Waals surface area (Å²) in [5, 5.41) is 6.58. The van der Waals surface area contributed by atoms with Gasteiger partial charge in [0.1, 0.15) is 6.54 Å². The zero-order valence-electron chi connectivity index (χ0n) is 9.33. The largest absolute Gasteiger partial charge is 0.322 e. The molecule has 0 fully saturated rings. The van der Waals surface area contributed by atoms with Crippen LogP contribution in [-0.4, -0.2) is 20.3 Å². The third-order valence-electron chi connectivity index (χ3n) is 2.20. The van der Waals surface area contributed by atoms with Crippen molar-refractivity contribution in [2.75, 3.05) is 5.32 Å². The zero-order valence-corrected chi connectivity index (χ0v) is 9.33. The van der Waals surface area contributed by atoms with Crippen LogP contribution in [-0.2, 0) is 18.4 Å². The van der Waals surface area contributed by atoms with Crippen LogP contribution in [0.2, 0.25) is 0 Å². The van der Waals surface area contributed by atoms with Gasteiger partial charge in [-0.3, -0.25) is 14.3 Å². The van der Waals surface area contributed by atoms with Crippen molar-refractivity contribution >= 4 is 11.6 Å². The minimum atomic E-state index is -0.258. The van der Waals surface area contributed by atoms with Gasteiger partial charge < -0.3 is 9.88 Å². The second-order valence-corrected chi connectivity index (χ2v) is 3.62. The summed E-state index contributed by atoms with van der Waals surface area (Å²) < 4.78 is 2.93. The molecule has 2 aromatic rings. The van der Waals surface area contributed by atoms with E-state index in [4.69, 9.17) is 0 Å². The molecule has 0 spiro atoms. The standard InChI is InChI=1S/C11H12N4O2/c1-14-7-9(6-12-14)13-10(16)8-15-5-3-2-4-11(15)17/h2-7H,8H2,1H3,(H,13,16). The van der Waals surface area contributed by atoms with Crippen molar-refractivity contribution in [2.24, 2.45) is 7.05 Å². The number of amides is 1. The number of pyridine rings is 1. The van der Waals surface area contributed by atoms with Crippen molar-refractivity contribution in [2.45, 2.75) is 6.54 Å². The molecule has 6 heteroatoms. The average Bonchev–Trinajstić information content (AvgIpc) is 2.67. The lowest BCUT2D eigenvalue weighted by Crippen LogP contribution is -2.26. The van der Waals surface area contributed by atoms with E-state index in [1.807, 2.05) is 0 Å². The zero-order chi connectivity index (χ0) is 12.3. The molecule has 0 aliphatic heterocycles. The van der Waals surface area contributed by atoms with E-state index in [1.165, 1.54) is 10.6 Å². The average molecular weight is 232 g/mol. The van der Waals surface area contributed by atoms with Gasteiger partial charge in [0.25, 0.3) is 5.56 Å². The number of hydrogen-bond donors (Lipinski definition) is 1. The Bertz CT molecular complexity index is 585. The second-order valence-electron chi connectivity index (χ2n) is 3.62. The molecular weight excluding hydrogens is 220 g/mol. The Balaban J connectivity index is 2.03. The van der Waals surface area contributed by atoms with Crippen LogP contribution in [0.3, 0.4) is 0 Å². The van der Waals surface area contributed by atoms with Gasteiger partial charge in [0.05, 0.1) is 11.9 Å². The van der Waals surface area contributed by atoms with Crippen molar-refractivity contribution in [1.29, 1.82) is 0 Å². The third kappa shape index (κ3) is 2.81. The molecule has 0 atom stereocenters. The summed E-state index contributed by atoms with van der Waals surface area (Å²) in [5.74, 6) is -0.258. The van der Waals surface area contributed by atoms with Crippen LogP contribution in [0.5, 0.6) is 0 Å². The number of anilines is 1. The Morgan fingerprint density at radius 1 is 1.47 bits per heavy atom. The fourth-order valence-corrected chi connectivity index (χ4v) is 1.43. The minimum Gasteiger partial charge on any atom is -0.322 e. The minimum absolute atomic E-state index is 0.00539. The van der Waals surface area contributed by atoms with E-state index in [9.17, 15) is 9.59 Å². The SMILES string of the molecule is Cn1cc(NC(=O)Cn2ccccc2=O)cn1. The predicted molar refractivity (Wildman–Crippen MR) is 62.5 cm³/mol. The molecule has 0 radical (unpaired) electrons. The van der Waals surface area contributed by atoms with Crippen molar-refractivity contribution in [3.8, 4) is 0 Å². The summed E-state index contributed by atoms with van der Waals surface area (Å²) in [7, 11) is 1.76. The number of rotatable bonds is 3. The van der Waals surface area contributed by atoms with Crippen LogP contribution in [0.4, 0.5) is 5.69 Å².